The molecular formula is C17H31IN6O. The number of aromatic nitrogens is 3. The van der Waals surface area contributed by atoms with Gasteiger partial charge in [0.05, 0.1) is 6.61 Å². The van der Waals surface area contributed by atoms with Crippen molar-refractivity contribution in [3.05, 3.63) is 11.6 Å². The van der Waals surface area contributed by atoms with Crippen molar-refractivity contribution in [3.8, 4) is 0 Å². The molecule has 1 saturated heterocycles. The Morgan fingerprint density at radius 1 is 1.36 bits per heavy atom. The topological polar surface area (TPSA) is 67.6 Å². The van der Waals surface area contributed by atoms with Crippen LogP contribution in [-0.4, -0.2) is 65.5 Å². The van der Waals surface area contributed by atoms with Gasteiger partial charge in [0, 0.05) is 52.2 Å². The minimum Gasteiger partial charge on any atom is -0.381 e. The Morgan fingerprint density at radius 2 is 2.20 bits per heavy atom. The summed E-state index contributed by atoms with van der Waals surface area (Å²) in [6, 6.07) is 0. The number of rotatable bonds is 5. The Balaban J connectivity index is 0.00000225. The fraction of sp³-hybridized carbons (Fsp3) is 0.824. The summed E-state index contributed by atoms with van der Waals surface area (Å²) in [7, 11) is 2.13. The summed E-state index contributed by atoms with van der Waals surface area (Å²) in [5.41, 5.74) is 0. The van der Waals surface area contributed by atoms with Gasteiger partial charge in [-0.1, -0.05) is 0 Å². The summed E-state index contributed by atoms with van der Waals surface area (Å²) < 4.78 is 7.73. The fourth-order valence-electron chi connectivity index (χ4n) is 3.57. The molecule has 0 spiro atoms. The van der Waals surface area contributed by atoms with Crippen LogP contribution in [0.4, 0.5) is 0 Å². The largest absolute Gasteiger partial charge is 0.381 e. The van der Waals surface area contributed by atoms with Crippen LogP contribution in [0.15, 0.2) is 4.99 Å². The molecular weight excluding hydrogens is 431 g/mol. The molecule has 0 amide bonds. The van der Waals surface area contributed by atoms with Crippen molar-refractivity contribution in [2.75, 3.05) is 39.9 Å². The van der Waals surface area contributed by atoms with Gasteiger partial charge in [-0.2, -0.15) is 0 Å². The summed E-state index contributed by atoms with van der Waals surface area (Å²) in [5.74, 6) is 4.33. The molecule has 2 unspecified atom stereocenters. The van der Waals surface area contributed by atoms with E-state index in [1.165, 1.54) is 0 Å². The van der Waals surface area contributed by atoms with Crippen LogP contribution >= 0.6 is 24.0 Å². The number of halogens is 1. The van der Waals surface area contributed by atoms with Crippen molar-refractivity contribution in [1.29, 1.82) is 0 Å². The summed E-state index contributed by atoms with van der Waals surface area (Å²) in [4.78, 5) is 7.15. The standard InChI is InChI=1S/C17H30N6O.HI/c1-4-18-17(22(3)10-15-7-8-24-12-15)19-9-14-5-6-16-21-20-13(2)23(16)11-14;/h14-15H,4-12H2,1-3H3,(H,18,19);1H. The first kappa shape index (κ1) is 20.4. The second-order valence-corrected chi connectivity index (χ2v) is 6.98. The van der Waals surface area contributed by atoms with E-state index in [1.54, 1.807) is 0 Å². The molecule has 7 nitrogen and oxygen atoms in total. The number of nitrogens with one attached hydrogen (secondary N) is 1. The number of fused-ring (bicyclic) bond motifs is 1. The number of hydrogen-bond donors (Lipinski definition) is 1. The highest BCUT2D eigenvalue weighted by Crippen LogP contribution is 2.20. The number of nitrogens with zero attached hydrogens (tertiary/aromatic N) is 5. The van der Waals surface area contributed by atoms with E-state index in [2.05, 4.69) is 39.0 Å². The lowest BCUT2D eigenvalue weighted by atomic mass is 9.99. The normalized spacial score (nSPS) is 23.1. The van der Waals surface area contributed by atoms with Gasteiger partial charge in [-0.15, -0.1) is 34.2 Å². The fourth-order valence-corrected chi connectivity index (χ4v) is 3.57. The third-order valence-corrected chi connectivity index (χ3v) is 4.98. The van der Waals surface area contributed by atoms with Crippen LogP contribution in [0.5, 0.6) is 0 Å². The lowest BCUT2D eigenvalue weighted by molar-refractivity contribution is 0.181. The first-order chi connectivity index (χ1) is 11.7. The Morgan fingerprint density at radius 3 is 2.92 bits per heavy atom. The predicted molar refractivity (Wildman–Crippen MR) is 110 cm³/mol. The van der Waals surface area contributed by atoms with Gasteiger partial charge in [-0.25, -0.2) is 0 Å². The van der Waals surface area contributed by atoms with Crippen LogP contribution < -0.4 is 5.32 Å². The Labute approximate surface area is 167 Å². The van der Waals surface area contributed by atoms with E-state index in [9.17, 15) is 0 Å². The maximum atomic E-state index is 5.49. The molecule has 1 aromatic heterocycles. The summed E-state index contributed by atoms with van der Waals surface area (Å²) in [6.07, 6.45) is 3.30. The molecule has 142 valence electrons. The Kier molecular flexibility index (Phi) is 7.92. The minimum atomic E-state index is 0. The zero-order chi connectivity index (χ0) is 16.9. The summed E-state index contributed by atoms with van der Waals surface area (Å²) in [5, 5.41) is 11.9. The summed E-state index contributed by atoms with van der Waals surface area (Å²) in [6.45, 7) is 9.66. The van der Waals surface area contributed by atoms with Crippen molar-refractivity contribution < 1.29 is 4.74 Å². The molecule has 1 aromatic rings. The quantitative estimate of drug-likeness (QED) is 0.410. The molecule has 25 heavy (non-hydrogen) atoms. The lowest BCUT2D eigenvalue weighted by Gasteiger charge is -2.26. The molecule has 0 aliphatic carbocycles. The van der Waals surface area contributed by atoms with E-state index in [0.29, 0.717) is 11.8 Å². The molecule has 0 saturated carbocycles. The predicted octanol–water partition coefficient (Wildman–Crippen LogP) is 1.70. The third-order valence-electron chi connectivity index (χ3n) is 4.98. The van der Waals surface area contributed by atoms with Crippen molar-refractivity contribution in [1.82, 2.24) is 25.0 Å². The maximum absolute atomic E-state index is 5.49. The third kappa shape index (κ3) is 5.29. The van der Waals surface area contributed by atoms with E-state index in [1.807, 2.05) is 6.92 Å². The monoisotopic (exact) mass is 462 g/mol. The SMILES string of the molecule is CCNC(=NCC1CCc2nnc(C)n2C1)N(C)CC1CCOC1.I. The molecule has 3 heterocycles. The van der Waals surface area contributed by atoms with Crippen molar-refractivity contribution in [3.63, 3.8) is 0 Å². The highest BCUT2D eigenvalue weighted by atomic mass is 127. The lowest BCUT2D eigenvalue weighted by Crippen LogP contribution is -2.42. The highest BCUT2D eigenvalue weighted by molar-refractivity contribution is 14.0. The number of hydrogen-bond acceptors (Lipinski definition) is 4. The molecule has 1 fully saturated rings. The first-order valence-corrected chi connectivity index (χ1v) is 9.13. The van der Waals surface area contributed by atoms with Crippen LogP contribution in [0.25, 0.3) is 0 Å². The molecule has 0 aromatic carbocycles. The van der Waals surface area contributed by atoms with Crippen LogP contribution in [0, 0.1) is 18.8 Å². The van der Waals surface area contributed by atoms with Gasteiger partial charge >= 0.3 is 0 Å². The van der Waals surface area contributed by atoms with Crippen molar-refractivity contribution in [2.45, 2.75) is 39.7 Å². The highest BCUT2D eigenvalue weighted by Gasteiger charge is 2.22. The van der Waals surface area contributed by atoms with E-state index in [0.717, 1.165) is 76.3 Å². The van der Waals surface area contributed by atoms with Crippen LogP contribution in [0.2, 0.25) is 0 Å². The zero-order valence-electron chi connectivity index (χ0n) is 15.6. The Hall–Kier alpha value is -0.900. The maximum Gasteiger partial charge on any atom is 0.193 e. The smallest absolute Gasteiger partial charge is 0.193 e. The Bertz CT molecular complexity index is 569. The molecule has 2 atom stereocenters. The van der Waals surface area contributed by atoms with Gasteiger partial charge in [0.15, 0.2) is 5.96 Å². The van der Waals surface area contributed by atoms with Gasteiger partial charge in [-0.3, -0.25) is 4.99 Å². The van der Waals surface area contributed by atoms with Gasteiger partial charge in [-0.05, 0) is 32.6 Å². The molecule has 2 aliphatic rings. The van der Waals surface area contributed by atoms with E-state index < -0.39 is 0 Å². The second kappa shape index (κ2) is 9.70. The first-order valence-electron chi connectivity index (χ1n) is 9.13. The van der Waals surface area contributed by atoms with Gasteiger partial charge < -0.3 is 19.5 Å². The van der Waals surface area contributed by atoms with Gasteiger partial charge in [0.1, 0.15) is 11.6 Å². The van der Waals surface area contributed by atoms with E-state index >= 15 is 0 Å². The van der Waals surface area contributed by atoms with Crippen LogP contribution in [0.1, 0.15) is 31.4 Å². The minimum absolute atomic E-state index is 0. The van der Waals surface area contributed by atoms with Crippen LogP contribution in [-0.2, 0) is 17.7 Å². The number of aliphatic imine (C=N–C) groups is 1. The molecule has 3 rings (SSSR count). The second-order valence-electron chi connectivity index (χ2n) is 6.98. The average molecular weight is 462 g/mol. The molecule has 0 radical (unpaired) electrons. The molecule has 1 N–H and O–H groups in total. The van der Waals surface area contributed by atoms with E-state index in [-0.39, 0.29) is 24.0 Å². The van der Waals surface area contributed by atoms with E-state index in [4.69, 9.17) is 9.73 Å². The van der Waals surface area contributed by atoms with Gasteiger partial charge in [0.2, 0.25) is 0 Å². The van der Waals surface area contributed by atoms with Crippen molar-refractivity contribution in [2.24, 2.45) is 16.8 Å². The molecule has 0 bridgehead atoms. The number of ether oxygens (including phenoxy) is 1. The number of aryl methyl sites for hydroxylation is 2. The summed E-state index contributed by atoms with van der Waals surface area (Å²) >= 11 is 0. The number of guanidine groups is 1. The average Bonchev–Trinajstić information content (AvgIpc) is 3.21. The van der Waals surface area contributed by atoms with Crippen LogP contribution in [0.3, 0.4) is 0 Å². The van der Waals surface area contributed by atoms with Crippen molar-refractivity contribution >= 4 is 29.9 Å². The van der Waals surface area contributed by atoms with Gasteiger partial charge in [0.25, 0.3) is 0 Å². The molecule has 2 aliphatic heterocycles. The molecule has 8 heteroatoms. The zero-order valence-corrected chi connectivity index (χ0v) is 17.9.